The van der Waals surface area contributed by atoms with Crippen LogP contribution in [-0.4, -0.2) is 28.0 Å². The first kappa shape index (κ1) is 18.4. The predicted octanol–water partition coefficient (Wildman–Crippen LogP) is 4.71. The van der Waals surface area contributed by atoms with Gasteiger partial charge in [0.25, 0.3) is 0 Å². The Morgan fingerprint density at radius 3 is 2.56 bits per heavy atom. The van der Waals surface area contributed by atoms with Crippen LogP contribution in [0.15, 0.2) is 52.1 Å². The van der Waals surface area contributed by atoms with Crippen LogP contribution in [0.4, 0.5) is 0 Å². The lowest BCUT2D eigenvalue weighted by atomic mass is 10.1. The van der Waals surface area contributed by atoms with Crippen molar-refractivity contribution >= 4 is 27.7 Å². The van der Waals surface area contributed by atoms with E-state index in [-0.39, 0.29) is 0 Å². The molecule has 5 nitrogen and oxygen atoms in total. The van der Waals surface area contributed by atoms with Gasteiger partial charge in [-0.1, -0.05) is 58.0 Å². The zero-order valence-electron chi connectivity index (χ0n) is 15.0. The molecule has 2 heterocycles. The van der Waals surface area contributed by atoms with E-state index in [1.165, 1.54) is 5.56 Å². The van der Waals surface area contributed by atoms with Crippen molar-refractivity contribution in [3.63, 3.8) is 0 Å². The van der Waals surface area contributed by atoms with E-state index < -0.39 is 0 Å². The van der Waals surface area contributed by atoms with Gasteiger partial charge in [-0.25, -0.2) is 0 Å². The Morgan fingerprint density at radius 1 is 1.07 bits per heavy atom. The lowest BCUT2D eigenvalue weighted by Gasteiger charge is -2.19. The summed E-state index contributed by atoms with van der Waals surface area (Å²) in [6, 6.07) is 14.4. The lowest BCUT2D eigenvalue weighted by Crippen LogP contribution is -2.15. The van der Waals surface area contributed by atoms with Crippen LogP contribution in [0.25, 0.3) is 0 Å². The van der Waals surface area contributed by atoms with Gasteiger partial charge in [-0.2, -0.15) is 0 Å². The van der Waals surface area contributed by atoms with Gasteiger partial charge in [0.15, 0.2) is 16.7 Å². The highest BCUT2D eigenvalue weighted by molar-refractivity contribution is 9.10. The Kier molecular flexibility index (Phi) is 5.69. The molecule has 0 unspecified atom stereocenters. The molecule has 4 rings (SSSR count). The number of halogens is 1. The molecule has 1 aliphatic heterocycles. The monoisotopic (exact) mass is 445 g/mol. The second kappa shape index (κ2) is 8.35. The van der Waals surface area contributed by atoms with Gasteiger partial charge < -0.3 is 14.0 Å². The van der Waals surface area contributed by atoms with Crippen LogP contribution in [-0.2, 0) is 18.7 Å². The third-order valence-corrected chi connectivity index (χ3v) is 6.14. The molecule has 0 aliphatic carbocycles. The summed E-state index contributed by atoms with van der Waals surface area (Å²) in [6.45, 7) is 4.16. The topological polar surface area (TPSA) is 49.2 Å². The number of benzene rings is 2. The van der Waals surface area contributed by atoms with Crippen LogP contribution in [0.2, 0.25) is 0 Å². The third kappa shape index (κ3) is 4.14. The van der Waals surface area contributed by atoms with Crippen molar-refractivity contribution in [2.75, 3.05) is 13.2 Å². The van der Waals surface area contributed by atoms with E-state index in [1.54, 1.807) is 11.8 Å². The minimum absolute atomic E-state index is 0.591. The third-order valence-electron chi connectivity index (χ3n) is 4.38. The molecule has 2 aromatic carbocycles. The van der Waals surface area contributed by atoms with Crippen molar-refractivity contribution < 1.29 is 9.47 Å². The highest BCUT2D eigenvalue weighted by Crippen LogP contribution is 2.37. The smallest absolute Gasteiger partial charge is 0.191 e. The first-order valence-electron chi connectivity index (χ1n) is 8.91. The molecule has 7 heteroatoms. The highest BCUT2D eigenvalue weighted by Gasteiger charge is 2.17. The van der Waals surface area contributed by atoms with E-state index in [0.717, 1.165) is 51.2 Å². The number of fused-ring (bicyclic) bond motifs is 1. The molecule has 0 saturated carbocycles. The van der Waals surface area contributed by atoms with Crippen molar-refractivity contribution in [2.24, 2.45) is 0 Å². The molecule has 0 amide bonds. The second-order valence-corrected chi connectivity index (χ2v) is 7.98. The maximum atomic E-state index is 5.70. The molecular formula is C20H20BrN3O2S. The summed E-state index contributed by atoms with van der Waals surface area (Å²) < 4.78 is 14.5. The molecular weight excluding hydrogens is 426 g/mol. The maximum Gasteiger partial charge on any atom is 0.191 e. The molecule has 0 spiro atoms. The van der Waals surface area contributed by atoms with Gasteiger partial charge in [0, 0.05) is 23.2 Å². The number of hydrogen-bond acceptors (Lipinski definition) is 5. The zero-order chi connectivity index (χ0) is 18.6. The first-order chi connectivity index (χ1) is 13.2. The lowest BCUT2D eigenvalue weighted by molar-refractivity contribution is 0.171. The van der Waals surface area contributed by atoms with Gasteiger partial charge in [-0.05, 0) is 30.2 Å². The van der Waals surface area contributed by atoms with Gasteiger partial charge in [-0.15, -0.1) is 10.2 Å². The van der Waals surface area contributed by atoms with E-state index in [9.17, 15) is 0 Å². The van der Waals surface area contributed by atoms with Crippen molar-refractivity contribution in [2.45, 2.75) is 30.8 Å². The average molecular weight is 446 g/mol. The number of aromatic nitrogens is 3. The summed E-state index contributed by atoms with van der Waals surface area (Å²) in [7, 11) is 0. The summed E-state index contributed by atoms with van der Waals surface area (Å²) in [6.07, 6.45) is 0.788. The Bertz CT molecular complexity index is 930. The van der Waals surface area contributed by atoms with Crippen LogP contribution >= 0.6 is 27.7 Å². The van der Waals surface area contributed by atoms with Gasteiger partial charge >= 0.3 is 0 Å². The molecule has 1 aliphatic rings. The van der Waals surface area contributed by atoms with Crippen molar-refractivity contribution in [1.29, 1.82) is 0 Å². The van der Waals surface area contributed by atoms with Crippen LogP contribution in [0.3, 0.4) is 0 Å². The van der Waals surface area contributed by atoms with Crippen molar-refractivity contribution in [3.05, 3.63) is 63.9 Å². The van der Waals surface area contributed by atoms with Crippen LogP contribution < -0.4 is 9.47 Å². The first-order valence-corrected chi connectivity index (χ1v) is 10.7. The van der Waals surface area contributed by atoms with Crippen LogP contribution in [0.5, 0.6) is 11.5 Å². The van der Waals surface area contributed by atoms with Crippen LogP contribution in [0.1, 0.15) is 23.9 Å². The molecule has 0 fully saturated rings. The second-order valence-electron chi connectivity index (χ2n) is 6.18. The van der Waals surface area contributed by atoms with E-state index in [0.29, 0.717) is 13.2 Å². The molecule has 0 saturated heterocycles. The van der Waals surface area contributed by atoms with E-state index in [1.807, 2.05) is 18.2 Å². The van der Waals surface area contributed by atoms with Crippen molar-refractivity contribution in [3.8, 4) is 11.5 Å². The minimum Gasteiger partial charge on any atom is -0.486 e. The molecule has 1 aromatic heterocycles. The van der Waals surface area contributed by atoms with E-state index in [4.69, 9.17) is 9.47 Å². The molecule has 0 bridgehead atoms. The number of rotatable bonds is 6. The van der Waals surface area contributed by atoms with E-state index in [2.05, 4.69) is 61.9 Å². The van der Waals surface area contributed by atoms with Gasteiger partial charge in [0.05, 0.1) is 0 Å². The normalized spacial score (nSPS) is 13.0. The fourth-order valence-electron chi connectivity index (χ4n) is 3.01. The summed E-state index contributed by atoms with van der Waals surface area (Å²) >= 11 is 5.33. The highest BCUT2D eigenvalue weighted by atomic mass is 79.9. The summed E-state index contributed by atoms with van der Waals surface area (Å²) in [5.41, 5.74) is 2.39. The van der Waals surface area contributed by atoms with Gasteiger partial charge in [0.1, 0.15) is 19.0 Å². The zero-order valence-corrected chi connectivity index (χ0v) is 17.4. The standard InChI is InChI=1S/C20H20BrN3O2S/c1-2-24-19(10-14-6-4-3-5-7-14)22-23-20(24)27-13-15-11-17-18(12-16(15)21)26-9-8-25-17/h3-7,11-12H,2,8-10,13H2,1H3. The fraction of sp³-hybridized carbons (Fsp3) is 0.300. The fourth-order valence-corrected chi connectivity index (χ4v) is 4.67. The molecule has 0 atom stereocenters. The SMILES string of the molecule is CCn1c(Cc2ccccc2)nnc1SCc1cc2c(cc1Br)OCCO2. The summed E-state index contributed by atoms with van der Waals surface area (Å²) in [5, 5.41) is 9.78. The Labute approximate surface area is 171 Å². The number of thioether (sulfide) groups is 1. The Balaban J connectivity index is 1.50. The molecule has 3 aromatic rings. The molecule has 0 radical (unpaired) electrons. The van der Waals surface area contributed by atoms with E-state index >= 15 is 0 Å². The van der Waals surface area contributed by atoms with Gasteiger partial charge in [0.2, 0.25) is 0 Å². The molecule has 140 valence electrons. The number of nitrogens with zero attached hydrogens (tertiary/aromatic N) is 3. The quantitative estimate of drug-likeness (QED) is 0.513. The Morgan fingerprint density at radius 2 is 1.81 bits per heavy atom. The Hall–Kier alpha value is -1.99. The summed E-state index contributed by atoms with van der Waals surface area (Å²) in [5.74, 6) is 3.37. The average Bonchev–Trinajstić information content (AvgIpc) is 3.08. The maximum absolute atomic E-state index is 5.70. The summed E-state index contributed by atoms with van der Waals surface area (Å²) in [4.78, 5) is 0. The largest absolute Gasteiger partial charge is 0.486 e. The number of ether oxygens (including phenoxy) is 2. The number of hydrogen-bond donors (Lipinski definition) is 0. The van der Waals surface area contributed by atoms with Crippen LogP contribution in [0, 0.1) is 0 Å². The molecule has 0 N–H and O–H groups in total. The predicted molar refractivity (Wildman–Crippen MR) is 110 cm³/mol. The van der Waals surface area contributed by atoms with Gasteiger partial charge in [-0.3, -0.25) is 0 Å². The van der Waals surface area contributed by atoms with Crippen molar-refractivity contribution in [1.82, 2.24) is 14.8 Å². The minimum atomic E-state index is 0.591. The molecule has 27 heavy (non-hydrogen) atoms.